The van der Waals surface area contributed by atoms with Crippen LogP contribution >= 0.6 is 27.3 Å². The van der Waals surface area contributed by atoms with Crippen molar-refractivity contribution >= 4 is 32.4 Å². The summed E-state index contributed by atoms with van der Waals surface area (Å²) in [6, 6.07) is 8.09. The van der Waals surface area contributed by atoms with Gasteiger partial charge in [0.2, 0.25) is 0 Å². The van der Waals surface area contributed by atoms with Crippen LogP contribution in [0.1, 0.15) is 0 Å². The zero-order valence-electron chi connectivity index (χ0n) is 6.70. The Hall–Kier alpha value is -0.870. The monoisotopic (exact) mass is 254 g/mol. The van der Waals surface area contributed by atoms with E-state index < -0.39 is 0 Å². The first-order valence-electron chi connectivity index (χ1n) is 3.73. The van der Waals surface area contributed by atoms with E-state index in [1.54, 1.807) is 6.20 Å². The Bertz CT molecular complexity index is 408. The van der Waals surface area contributed by atoms with Crippen molar-refractivity contribution in [1.82, 2.24) is 4.98 Å². The summed E-state index contributed by atoms with van der Waals surface area (Å²) in [6.07, 6.45) is 1.79. The van der Waals surface area contributed by atoms with Gasteiger partial charge in [-0.25, -0.2) is 4.98 Å². The van der Waals surface area contributed by atoms with E-state index in [0.717, 1.165) is 14.9 Å². The van der Waals surface area contributed by atoms with Gasteiger partial charge >= 0.3 is 0 Å². The maximum absolute atomic E-state index is 5.54. The second kappa shape index (κ2) is 3.47. The Balaban J connectivity index is 2.41. The maximum atomic E-state index is 5.54. The van der Waals surface area contributed by atoms with Crippen LogP contribution in [-0.2, 0) is 0 Å². The minimum absolute atomic E-state index is 0.609. The Morgan fingerprint density at radius 1 is 1.23 bits per heavy atom. The molecule has 0 unspecified atom stereocenters. The van der Waals surface area contributed by atoms with Crippen molar-refractivity contribution in [3.05, 3.63) is 34.9 Å². The van der Waals surface area contributed by atoms with Crippen molar-refractivity contribution in [2.45, 2.75) is 0 Å². The summed E-state index contributed by atoms with van der Waals surface area (Å²) in [5.74, 6) is 0. The normalized spacial score (nSPS) is 10.2. The number of thiazole rings is 1. The van der Waals surface area contributed by atoms with E-state index in [0.29, 0.717) is 5.13 Å². The third-order valence-electron chi connectivity index (χ3n) is 1.65. The summed E-state index contributed by atoms with van der Waals surface area (Å²) in [6.45, 7) is 0. The number of benzene rings is 1. The Morgan fingerprint density at radius 2 is 1.92 bits per heavy atom. The second-order valence-electron chi connectivity index (χ2n) is 2.57. The molecule has 66 valence electrons. The van der Waals surface area contributed by atoms with Crippen LogP contribution in [-0.4, -0.2) is 4.98 Å². The molecule has 0 radical (unpaired) electrons. The summed E-state index contributed by atoms with van der Waals surface area (Å²) in [5, 5.41) is 0.609. The van der Waals surface area contributed by atoms with Gasteiger partial charge in [0.05, 0.1) is 4.88 Å². The van der Waals surface area contributed by atoms with Crippen LogP contribution in [0, 0.1) is 0 Å². The highest BCUT2D eigenvalue weighted by molar-refractivity contribution is 9.10. The molecular weight excluding hydrogens is 248 g/mol. The second-order valence-corrected chi connectivity index (χ2v) is 4.55. The van der Waals surface area contributed by atoms with Crippen molar-refractivity contribution in [3.8, 4) is 10.4 Å². The molecule has 2 N–H and O–H groups in total. The molecule has 0 aliphatic carbocycles. The lowest BCUT2D eigenvalue weighted by atomic mass is 10.2. The molecule has 0 atom stereocenters. The predicted molar refractivity (Wildman–Crippen MR) is 59.7 cm³/mol. The molecule has 2 rings (SSSR count). The number of rotatable bonds is 1. The van der Waals surface area contributed by atoms with Gasteiger partial charge in [-0.15, -0.1) is 0 Å². The lowest BCUT2D eigenvalue weighted by molar-refractivity contribution is 1.42. The standard InChI is InChI=1S/C9H7BrN2S/c10-7-3-1-6(2-4-7)8-5-12-9(11)13-8/h1-5H,(H2,11,12). The fraction of sp³-hybridized carbons (Fsp3) is 0. The Labute approximate surface area is 88.6 Å². The summed E-state index contributed by atoms with van der Waals surface area (Å²) in [5.41, 5.74) is 6.69. The third kappa shape index (κ3) is 1.89. The minimum Gasteiger partial charge on any atom is -0.375 e. The molecule has 0 saturated heterocycles. The summed E-state index contributed by atoms with van der Waals surface area (Å²) < 4.78 is 1.08. The molecule has 1 aromatic carbocycles. The molecule has 1 aromatic heterocycles. The molecule has 0 saturated carbocycles. The van der Waals surface area contributed by atoms with Gasteiger partial charge in [0.25, 0.3) is 0 Å². The van der Waals surface area contributed by atoms with Gasteiger partial charge in [0.15, 0.2) is 5.13 Å². The molecule has 1 heterocycles. The highest BCUT2D eigenvalue weighted by Crippen LogP contribution is 2.27. The van der Waals surface area contributed by atoms with Crippen molar-refractivity contribution in [3.63, 3.8) is 0 Å². The van der Waals surface area contributed by atoms with E-state index in [2.05, 4.69) is 20.9 Å². The van der Waals surface area contributed by atoms with Crippen LogP contribution in [0.4, 0.5) is 5.13 Å². The van der Waals surface area contributed by atoms with Gasteiger partial charge in [0.1, 0.15) is 0 Å². The molecule has 0 amide bonds. The molecule has 4 heteroatoms. The van der Waals surface area contributed by atoms with E-state index in [-0.39, 0.29) is 0 Å². The van der Waals surface area contributed by atoms with Crippen molar-refractivity contribution in [1.29, 1.82) is 0 Å². The molecule has 2 nitrogen and oxygen atoms in total. The fourth-order valence-corrected chi connectivity index (χ4v) is 1.99. The third-order valence-corrected chi connectivity index (χ3v) is 3.06. The topological polar surface area (TPSA) is 38.9 Å². The van der Waals surface area contributed by atoms with E-state index in [9.17, 15) is 0 Å². The molecular formula is C9H7BrN2S. The van der Waals surface area contributed by atoms with Crippen LogP contribution in [0.25, 0.3) is 10.4 Å². The van der Waals surface area contributed by atoms with E-state index in [1.165, 1.54) is 11.3 Å². The van der Waals surface area contributed by atoms with E-state index in [4.69, 9.17) is 5.73 Å². The van der Waals surface area contributed by atoms with Crippen molar-refractivity contribution in [2.24, 2.45) is 0 Å². The summed E-state index contributed by atoms with van der Waals surface area (Å²) in [7, 11) is 0. The van der Waals surface area contributed by atoms with E-state index >= 15 is 0 Å². The zero-order chi connectivity index (χ0) is 9.26. The average molecular weight is 255 g/mol. The van der Waals surface area contributed by atoms with Crippen LogP contribution < -0.4 is 5.73 Å². The minimum atomic E-state index is 0.609. The number of hydrogen-bond donors (Lipinski definition) is 1. The largest absolute Gasteiger partial charge is 0.375 e. The average Bonchev–Trinajstić information content (AvgIpc) is 2.53. The number of nitrogens with two attached hydrogens (primary N) is 1. The van der Waals surface area contributed by atoms with Gasteiger partial charge in [-0.3, -0.25) is 0 Å². The molecule has 0 fully saturated rings. The lowest BCUT2D eigenvalue weighted by Crippen LogP contribution is -1.77. The quantitative estimate of drug-likeness (QED) is 0.850. The van der Waals surface area contributed by atoms with Gasteiger partial charge < -0.3 is 5.73 Å². The highest BCUT2D eigenvalue weighted by Gasteiger charge is 2.00. The van der Waals surface area contributed by atoms with Crippen molar-refractivity contribution in [2.75, 3.05) is 5.73 Å². The highest BCUT2D eigenvalue weighted by atomic mass is 79.9. The number of nitrogen functional groups attached to an aromatic ring is 1. The Kier molecular flexibility index (Phi) is 2.33. The number of nitrogens with zero attached hydrogens (tertiary/aromatic N) is 1. The van der Waals surface area contributed by atoms with Gasteiger partial charge in [-0.2, -0.15) is 0 Å². The number of aromatic nitrogens is 1. The maximum Gasteiger partial charge on any atom is 0.180 e. The van der Waals surface area contributed by atoms with Gasteiger partial charge in [0, 0.05) is 10.7 Å². The number of anilines is 1. The Morgan fingerprint density at radius 3 is 2.46 bits per heavy atom. The van der Waals surface area contributed by atoms with Crippen LogP contribution in [0.5, 0.6) is 0 Å². The first kappa shape index (κ1) is 8.72. The smallest absolute Gasteiger partial charge is 0.180 e. The SMILES string of the molecule is Nc1ncc(-c2ccc(Br)cc2)s1. The first-order chi connectivity index (χ1) is 6.25. The summed E-state index contributed by atoms with van der Waals surface area (Å²) in [4.78, 5) is 5.10. The van der Waals surface area contributed by atoms with Crippen LogP contribution in [0.2, 0.25) is 0 Å². The summed E-state index contributed by atoms with van der Waals surface area (Å²) >= 11 is 4.88. The number of hydrogen-bond acceptors (Lipinski definition) is 3. The van der Waals surface area contributed by atoms with Gasteiger partial charge in [-0.1, -0.05) is 39.4 Å². The molecule has 0 bridgehead atoms. The van der Waals surface area contributed by atoms with Gasteiger partial charge in [-0.05, 0) is 17.7 Å². The molecule has 2 aromatic rings. The molecule has 0 spiro atoms. The fourth-order valence-electron chi connectivity index (χ4n) is 1.04. The van der Waals surface area contributed by atoms with Crippen LogP contribution in [0.15, 0.2) is 34.9 Å². The number of halogens is 1. The lowest BCUT2D eigenvalue weighted by Gasteiger charge is -1.95. The first-order valence-corrected chi connectivity index (χ1v) is 5.34. The van der Waals surface area contributed by atoms with Crippen LogP contribution in [0.3, 0.4) is 0 Å². The van der Waals surface area contributed by atoms with Crippen molar-refractivity contribution < 1.29 is 0 Å². The zero-order valence-corrected chi connectivity index (χ0v) is 9.10. The molecule has 13 heavy (non-hydrogen) atoms. The predicted octanol–water partition coefficient (Wildman–Crippen LogP) is 3.15. The molecule has 0 aliphatic rings. The molecule has 0 aliphatic heterocycles. The van der Waals surface area contributed by atoms with E-state index in [1.807, 2.05) is 24.3 Å².